The van der Waals surface area contributed by atoms with Gasteiger partial charge in [0.05, 0.1) is 0 Å². The Morgan fingerprint density at radius 2 is 1.78 bits per heavy atom. The minimum absolute atomic E-state index is 0.0530. The lowest BCUT2D eigenvalue weighted by atomic mass is 10.1. The molecule has 1 N–H and O–H groups in total. The number of hydrogen-bond donors (Lipinski definition) is 1. The first-order valence-electron chi connectivity index (χ1n) is 5.75. The molecular formula is C15H14ClNO. The molecule has 0 amide bonds. The van der Waals surface area contributed by atoms with E-state index in [-0.39, 0.29) is 5.78 Å². The van der Waals surface area contributed by atoms with Crippen LogP contribution in [0.25, 0.3) is 0 Å². The Kier molecular flexibility index (Phi) is 4.00. The summed E-state index contributed by atoms with van der Waals surface area (Å²) in [5.41, 5.74) is 2.55. The molecule has 2 aromatic rings. The molecule has 0 saturated heterocycles. The number of halogens is 1. The number of ketones is 1. The molecule has 3 heteroatoms. The second kappa shape index (κ2) is 5.69. The van der Waals surface area contributed by atoms with Gasteiger partial charge in [0.15, 0.2) is 5.78 Å². The van der Waals surface area contributed by atoms with Gasteiger partial charge in [-0.3, -0.25) is 4.79 Å². The van der Waals surface area contributed by atoms with Gasteiger partial charge >= 0.3 is 0 Å². The van der Waals surface area contributed by atoms with E-state index in [1.165, 1.54) is 0 Å². The van der Waals surface area contributed by atoms with E-state index in [2.05, 4.69) is 5.32 Å². The van der Waals surface area contributed by atoms with E-state index in [1.807, 2.05) is 48.5 Å². The number of carbonyl (C=O) groups excluding carboxylic acids is 1. The Balaban J connectivity index is 2.16. The van der Waals surface area contributed by atoms with E-state index in [0.29, 0.717) is 12.1 Å². The van der Waals surface area contributed by atoms with Crippen molar-refractivity contribution in [2.75, 3.05) is 5.32 Å². The highest BCUT2D eigenvalue weighted by Crippen LogP contribution is 2.19. The SMILES string of the molecule is CC(=O)c1ccccc1NCc1ccccc1Cl. The number of rotatable bonds is 4. The van der Waals surface area contributed by atoms with Crippen LogP contribution < -0.4 is 5.32 Å². The Morgan fingerprint density at radius 1 is 1.11 bits per heavy atom. The summed E-state index contributed by atoms with van der Waals surface area (Å²) < 4.78 is 0. The van der Waals surface area contributed by atoms with E-state index in [1.54, 1.807) is 6.92 Å². The predicted octanol–water partition coefficient (Wildman–Crippen LogP) is 4.15. The highest BCUT2D eigenvalue weighted by atomic mass is 35.5. The number of Topliss-reactive ketones (excluding diaryl/α,β-unsaturated/α-hetero) is 1. The molecule has 0 unspecified atom stereocenters. The molecule has 0 atom stereocenters. The third kappa shape index (κ3) is 2.90. The van der Waals surface area contributed by atoms with Crippen LogP contribution in [0.15, 0.2) is 48.5 Å². The predicted molar refractivity (Wildman–Crippen MR) is 75.2 cm³/mol. The largest absolute Gasteiger partial charge is 0.380 e. The third-order valence-corrected chi connectivity index (χ3v) is 3.10. The van der Waals surface area contributed by atoms with Crippen LogP contribution in [0, 0.1) is 0 Å². The summed E-state index contributed by atoms with van der Waals surface area (Å²) in [7, 11) is 0. The summed E-state index contributed by atoms with van der Waals surface area (Å²) in [6.45, 7) is 2.17. The van der Waals surface area contributed by atoms with Crippen molar-refractivity contribution in [2.24, 2.45) is 0 Å². The van der Waals surface area contributed by atoms with Crippen molar-refractivity contribution in [1.82, 2.24) is 0 Å². The number of hydrogen-bond acceptors (Lipinski definition) is 2. The molecule has 2 nitrogen and oxygen atoms in total. The Labute approximate surface area is 112 Å². The van der Waals surface area contributed by atoms with Gasteiger partial charge < -0.3 is 5.32 Å². The number of benzene rings is 2. The van der Waals surface area contributed by atoms with Crippen LogP contribution in [0.5, 0.6) is 0 Å². The van der Waals surface area contributed by atoms with Crippen molar-refractivity contribution in [3.05, 3.63) is 64.7 Å². The summed E-state index contributed by atoms with van der Waals surface area (Å²) in [6.07, 6.45) is 0. The third-order valence-electron chi connectivity index (χ3n) is 2.73. The highest BCUT2D eigenvalue weighted by molar-refractivity contribution is 6.31. The zero-order valence-corrected chi connectivity index (χ0v) is 10.9. The van der Waals surface area contributed by atoms with Gasteiger partial charge in [-0.1, -0.05) is 41.9 Å². The molecule has 0 bridgehead atoms. The maximum Gasteiger partial charge on any atom is 0.161 e. The van der Waals surface area contributed by atoms with Crippen molar-refractivity contribution in [1.29, 1.82) is 0 Å². The smallest absolute Gasteiger partial charge is 0.161 e. The quantitative estimate of drug-likeness (QED) is 0.836. The molecule has 0 fully saturated rings. The van der Waals surface area contributed by atoms with Gasteiger partial charge in [-0.25, -0.2) is 0 Å². The number of para-hydroxylation sites is 1. The Morgan fingerprint density at radius 3 is 2.50 bits per heavy atom. The summed E-state index contributed by atoms with van der Waals surface area (Å²) >= 11 is 6.09. The van der Waals surface area contributed by atoms with Crippen LogP contribution in [0.2, 0.25) is 5.02 Å². The monoisotopic (exact) mass is 259 g/mol. The summed E-state index contributed by atoms with van der Waals surface area (Å²) in [6, 6.07) is 15.1. The standard InChI is InChI=1S/C15H14ClNO/c1-11(18)13-7-3-5-9-15(13)17-10-12-6-2-4-8-14(12)16/h2-9,17H,10H2,1H3. The molecule has 0 heterocycles. The molecule has 0 aliphatic rings. The highest BCUT2D eigenvalue weighted by Gasteiger charge is 2.06. The van der Waals surface area contributed by atoms with Crippen LogP contribution in [-0.2, 0) is 6.54 Å². The van der Waals surface area contributed by atoms with E-state index < -0.39 is 0 Å². The topological polar surface area (TPSA) is 29.1 Å². The maximum absolute atomic E-state index is 11.5. The lowest BCUT2D eigenvalue weighted by Crippen LogP contribution is -2.05. The second-order valence-electron chi connectivity index (χ2n) is 4.05. The van der Waals surface area contributed by atoms with Gasteiger partial charge in [0.25, 0.3) is 0 Å². The van der Waals surface area contributed by atoms with E-state index in [9.17, 15) is 4.79 Å². The number of carbonyl (C=O) groups is 1. The first-order chi connectivity index (χ1) is 8.68. The molecule has 0 aliphatic heterocycles. The van der Waals surface area contributed by atoms with Gasteiger partial charge in [0, 0.05) is 22.8 Å². The van der Waals surface area contributed by atoms with Crippen LogP contribution in [0.4, 0.5) is 5.69 Å². The van der Waals surface area contributed by atoms with Crippen molar-refractivity contribution in [2.45, 2.75) is 13.5 Å². The van der Waals surface area contributed by atoms with Crippen molar-refractivity contribution < 1.29 is 4.79 Å². The fourth-order valence-corrected chi connectivity index (χ4v) is 1.98. The molecule has 2 aromatic carbocycles. The molecule has 0 aromatic heterocycles. The molecule has 18 heavy (non-hydrogen) atoms. The molecular weight excluding hydrogens is 246 g/mol. The maximum atomic E-state index is 11.5. The molecule has 0 saturated carbocycles. The molecule has 0 spiro atoms. The first-order valence-corrected chi connectivity index (χ1v) is 6.13. The minimum Gasteiger partial charge on any atom is -0.380 e. The molecule has 92 valence electrons. The summed E-state index contributed by atoms with van der Waals surface area (Å²) in [4.78, 5) is 11.5. The lowest BCUT2D eigenvalue weighted by Gasteiger charge is -2.11. The van der Waals surface area contributed by atoms with Crippen LogP contribution in [0.1, 0.15) is 22.8 Å². The van der Waals surface area contributed by atoms with E-state index in [4.69, 9.17) is 11.6 Å². The fraction of sp³-hybridized carbons (Fsp3) is 0.133. The van der Waals surface area contributed by atoms with E-state index >= 15 is 0 Å². The van der Waals surface area contributed by atoms with Crippen molar-refractivity contribution in [3.8, 4) is 0 Å². The lowest BCUT2D eigenvalue weighted by molar-refractivity contribution is 0.101. The number of nitrogens with one attached hydrogen (secondary N) is 1. The van der Waals surface area contributed by atoms with Gasteiger partial charge in [-0.15, -0.1) is 0 Å². The molecule has 0 aliphatic carbocycles. The molecule has 2 rings (SSSR count). The number of anilines is 1. The van der Waals surface area contributed by atoms with Crippen LogP contribution >= 0.6 is 11.6 Å². The average Bonchev–Trinajstić information content (AvgIpc) is 2.38. The van der Waals surface area contributed by atoms with Gasteiger partial charge in [0.1, 0.15) is 0 Å². The zero-order chi connectivity index (χ0) is 13.0. The van der Waals surface area contributed by atoms with Crippen LogP contribution in [0.3, 0.4) is 0 Å². The Bertz CT molecular complexity index is 566. The average molecular weight is 260 g/mol. The van der Waals surface area contributed by atoms with Gasteiger partial charge in [-0.05, 0) is 30.7 Å². The van der Waals surface area contributed by atoms with Gasteiger partial charge in [0.2, 0.25) is 0 Å². The summed E-state index contributed by atoms with van der Waals surface area (Å²) in [5, 5.41) is 3.97. The van der Waals surface area contributed by atoms with Crippen molar-refractivity contribution in [3.63, 3.8) is 0 Å². The van der Waals surface area contributed by atoms with Crippen molar-refractivity contribution >= 4 is 23.1 Å². The fourth-order valence-electron chi connectivity index (χ4n) is 1.78. The normalized spacial score (nSPS) is 10.1. The minimum atomic E-state index is 0.0530. The molecule has 0 radical (unpaired) electrons. The summed E-state index contributed by atoms with van der Waals surface area (Å²) in [5.74, 6) is 0.0530. The second-order valence-corrected chi connectivity index (χ2v) is 4.45. The van der Waals surface area contributed by atoms with Crippen LogP contribution in [-0.4, -0.2) is 5.78 Å². The zero-order valence-electron chi connectivity index (χ0n) is 10.1. The van der Waals surface area contributed by atoms with E-state index in [0.717, 1.165) is 16.3 Å². The first kappa shape index (κ1) is 12.7. The Hall–Kier alpha value is -1.80. The van der Waals surface area contributed by atoms with Gasteiger partial charge in [-0.2, -0.15) is 0 Å².